The van der Waals surface area contributed by atoms with Crippen molar-refractivity contribution in [3.8, 4) is 11.5 Å². The quantitative estimate of drug-likeness (QED) is 0.712. The number of benzene rings is 1. The number of carbonyl (C=O) groups is 1. The Hall–Kier alpha value is -2.60. The first-order chi connectivity index (χ1) is 14.0. The van der Waals surface area contributed by atoms with E-state index in [0.29, 0.717) is 11.5 Å². The smallest absolute Gasteiger partial charge is 0.229 e. The number of piperidine rings is 1. The van der Waals surface area contributed by atoms with E-state index in [1.807, 2.05) is 49.3 Å². The molecule has 1 amide bonds. The maximum absolute atomic E-state index is 13.1. The molecule has 0 N–H and O–H groups in total. The summed E-state index contributed by atoms with van der Waals surface area (Å²) < 4.78 is 10.8. The molecule has 29 heavy (non-hydrogen) atoms. The van der Waals surface area contributed by atoms with Crippen LogP contribution in [0.3, 0.4) is 0 Å². The van der Waals surface area contributed by atoms with E-state index in [0.717, 1.165) is 38.2 Å². The van der Waals surface area contributed by atoms with E-state index in [-0.39, 0.29) is 17.9 Å². The van der Waals surface area contributed by atoms with Crippen molar-refractivity contribution in [1.82, 2.24) is 9.88 Å². The lowest BCUT2D eigenvalue weighted by Gasteiger charge is -2.39. The van der Waals surface area contributed by atoms with Gasteiger partial charge in [0.05, 0.1) is 14.2 Å². The third-order valence-electron chi connectivity index (χ3n) is 5.45. The van der Waals surface area contributed by atoms with Crippen LogP contribution < -0.4 is 14.4 Å². The van der Waals surface area contributed by atoms with Crippen molar-refractivity contribution in [1.29, 1.82) is 0 Å². The molecule has 0 unspecified atom stereocenters. The fourth-order valence-electron chi connectivity index (χ4n) is 3.85. The van der Waals surface area contributed by atoms with Crippen LogP contribution in [0.1, 0.15) is 32.3 Å². The first-order valence-electron chi connectivity index (χ1n) is 10.2. The molecule has 3 rings (SSSR count). The van der Waals surface area contributed by atoms with Crippen molar-refractivity contribution in [2.24, 2.45) is 5.92 Å². The van der Waals surface area contributed by atoms with Crippen molar-refractivity contribution < 1.29 is 14.3 Å². The number of ether oxygens (including phenoxy) is 2. The number of aromatic nitrogens is 1. The van der Waals surface area contributed by atoms with Crippen molar-refractivity contribution in [2.45, 2.75) is 39.3 Å². The number of hydrogen-bond donors (Lipinski definition) is 0. The van der Waals surface area contributed by atoms with Gasteiger partial charge in [-0.25, -0.2) is 0 Å². The Balaban J connectivity index is 1.76. The number of likely N-dealkylation sites (tertiary alicyclic amines) is 1. The van der Waals surface area contributed by atoms with Crippen molar-refractivity contribution >= 4 is 11.6 Å². The number of hydrogen-bond acceptors (Lipinski definition) is 5. The van der Waals surface area contributed by atoms with Crippen molar-refractivity contribution in [2.75, 3.05) is 32.2 Å². The van der Waals surface area contributed by atoms with Gasteiger partial charge in [0.15, 0.2) is 11.5 Å². The Morgan fingerprint density at radius 3 is 2.34 bits per heavy atom. The normalized spacial score (nSPS) is 15.3. The summed E-state index contributed by atoms with van der Waals surface area (Å²) in [4.78, 5) is 21.6. The molecule has 0 radical (unpaired) electrons. The van der Waals surface area contributed by atoms with Gasteiger partial charge in [0.25, 0.3) is 0 Å². The zero-order valence-electron chi connectivity index (χ0n) is 17.8. The summed E-state index contributed by atoms with van der Waals surface area (Å²) in [7, 11) is 3.24. The van der Waals surface area contributed by atoms with E-state index >= 15 is 0 Å². The molecule has 1 aliphatic heterocycles. The first kappa shape index (κ1) is 21.1. The highest BCUT2D eigenvalue weighted by Gasteiger charge is 2.31. The molecule has 6 nitrogen and oxygen atoms in total. The summed E-state index contributed by atoms with van der Waals surface area (Å²) in [6.45, 7) is 6.75. The molecular formula is C23H31N3O3. The van der Waals surface area contributed by atoms with Crippen LogP contribution in [-0.2, 0) is 11.3 Å². The molecule has 0 atom stereocenters. The summed E-state index contributed by atoms with van der Waals surface area (Å²) >= 11 is 0. The van der Waals surface area contributed by atoms with Crippen LogP contribution in [0.25, 0.3) is 0 Å². The molecule has 156 valence electrons. The number of pyridine rings is 1. The highest BCUT2D eigenvalue weighted by atomic mass is 16.5. The van der Waals surface area contributed by atoms with Gasteiger partial charge in [-0.15, -0.1) is 0 Å². The fourth-order valence-corrected chi connectivity index (χ4v) is 3.85. The van der Waals surface area contributed by atoms with Gasteiger partial charge in [0, 0.05) is 55.7 Å². The lowest BCUT2D eigenvalue weighted by molar-refractivity contribution is -0.122. The van der Waals surface area contributed by atoms with Crippen LogP contribution in [0.2, 0.25) is 0 Å². The molecule has 1 aromatic heterocycles. The molecule has 1 saturated heterocycles. The predicted octanol–water partition coefficient (Wildman–Crippen LogP) is 3.75. The molecule has 1 fully saturated rings. The number of methoxy groups -OCH3 is 2. The van der Waals surface area contributed by atoms with E-state index in [1.165, 1.54) is 5.56 Å². The number of rotatable bonds is 7. The van der Waals surface area contributed by atoms with Crippen LogP contribution in [0.15, 0.2) is 42.7 Å². The van der Waals surface area contributed by atoms with Crippen LogP contribution >= 0.6 is 0 Å². The summed E-state index contributed by atoms with van der Waals surface area (Å²) in [5.41, 5.74) is 2.14. The van der Waals surface area contributed by atoms with Gasteiger partial charge in [0.1, 0.15) is 0 Å². The minimum absolute atomic E-state index is 0.0713. The van der Waals surface area contributed by atoms with E-state index in [2.05, 4.69) is 22.0 Å². The SMILES string of the molecule is COc1ccc(N(C(=O)C(C)C)C2CCN(Cc3ccncc3)CC2)cc1OC. The highest BCUT2D eigenvalue weighted by Crippen LogP contribution is 2.34. The lowest BCUT2D eigenvalue weighted by atomic mass is 9.99. The van der Waals surface area contributed by atoms with E-state index in [1.54, 1.807) is 14.2 Å². The number of nitrogens with zero attached hydrogens (tertiary/aromatic N) is 3. The van der Waals surface area contributed by atoms with Gasteiger partial charge in [-0.3, -0.25) is 14.7 Å². The van der Waals surface area contributed by atoms with Gasteiger partial charge < -0.3 is 14.4 Å². The third kappa shape index (κ3) is 5.07. The highest BCUT2D eigenvalue weighted by molar-refractivity contribution is 5.95. The van der Waals surface area contributed by atoms with Crippen LogP contribution in [0.5, 0.6) is 11.5 Å². The van der Waals surface area contributed by atoms with Crippen molar-refractivity contribution in [3.05, 3.63) is 48.3 Å². The molecule has 6 heteroatoms. The Morgan fingerprint density at radius 1 is 1.10 bits per heavy atom. The Morgan fingerprint density at radius 2 is 1.76 bits per heavy atom. The van der Waals surface area contributed by atoms with Gasteiger partial charge in [-0.2, -0.15) is 0 Å². The largest absolute Gasteiger partial charge is 0.493 e. The summed E-state index contributed by atoms with van der Waals surface area (Å²) in [6, 6.07) is 10.0. The minimum atomic E-state index is -0.0713. The lowest BCUT2D eigenvalue weighted by Crippen LogP contribution is -2.48. The van der Waals surface area contributed by atoms with Crippen LogP contribution in [0.4, 0.5) is 5.69 Å². The van der Waals surface area contributed by atoms with Gasteiger partial charge in [-0.1, -0.05) is 13.8 Å². The topological polar surface area (TPSA) is 54.9 Å². The zero-order chi connectivity index (χ0) is 20.8. The molecule has 0 bridgehead atoms. The molecule has 1 aromatic carbocycles. The Labute approximate surface area is 173 Å². The third-order valence-corrected chi connectivity index (χ3v) is 5.45. The minimum Gasteiger partial charge on any atom is -0.493 e. The molecule has 0 saturated carbocycles. The zero-order valence-corrected chi connectivity index (χ0v) is 17.8. The first-order valence-corrected chi connectivity index (χ1v) is 10.2. The van der Waals surface area contributed by atoms with Crippen LogP contribution in [0, 0.1) is 5.92 Å². The molecular weight excluding hydrogens is 366 g/mol. The van der Waals surface area contributed by atoms with E-state index in [9.17, 15) is 4.79 Å². The standard InChI is InChI=1S/C23H31N3O3/c1-17(2)23(27)26(20-5-6-21(28-3)22(15-20)29-4)19-9-13-25(14-10-19)16-18-7-11-24-12-8-18/h5-8,11-12,15,17,19H,9-10,13-14,16H2,1-4H3. The maximum atomic E-state index is 13.1. The molecule has 2 heterocycles. The van der Waals surface area contributed by atoms with Crippen molar-refractivity contribution in [3.63, 3.8) is 0 Å². The Kier molecular flexibility index (Phi) is 7.09. The number of amides is 1. The second kappa shape index (κ2) is 9.74. The van der Waals surface area contributed by atoms with Gasteiger partial charge in [-0.05, 0) is 42.7 Å². The van der Waals surface area contributed by atoms with Crippen LogP contribution in [-0.4, -0.2) is 49.1 Å². The summed E-state index contributed by atoms with van der Waals surface area (Å²) in [6.07, 6.45) is 5.56. The maximum Gasteiger partial charge on any atom is 0.229 e. The summed E-state index contributed by atoms with van der Waals surface area (Å²) in [5.74, 6) is 1.38. The Bertz CT molecular complexity index is 802. The average Bonchev–Trinajstić information content (AvgIpc) is 2.75. The molecule has 1 aliphatic rings. The van der Waals surface area contributed by atoms with E-state index in [4.69, 9.17) is 9.47 Å². The average molecular weight is 398 g/mol. The molecule has 0 spiro atoms. The van der Waals surface area contributed by atoms with Gasteiger partial charge >= 0.3 is 0 Å². The monoisotopic (exact) mass is 397 g/mol. The predicted molar refractivity (Wildman–Crippen MR) is 114 cm³/mol. The summed E-state index contributed by atoms with van der Waals surface area (Å²) in [5, 5.41) is 0. The fraction of sp³-hybridized carbons (Fsp3) is 0.478. The second-order valence-electron chi connectivity index (χ2n) is 7.77. The van der Waals surface area contributed by atoms with Gasteiger partial charge in [0.2, 0.25) is 5.91 Å². The molecule has 0 aliphatic carbocycles. The van der Waals surface area contributed by atoms with E-state index < -0.39 is 0 Å². The second-order valence-corrected chi connectivity index (χ2v) is 7.77. The molecule has 2 aromatic rings. The number of carbonyl (C=O) groups excluding carboxylic acids is 1. The number of anilines is 1.